The van der Waals surface area contributed by atoms with Crippen LogP contribution in [0.4, 0.5) is 5.69 Å². The number of carbonyl (C=O) groups is 1. The number of aliphatic hydroxyl groups is 1. The first-order valence-electron chi connectivity index (χ1n) is 8.74. The molecule has 4 N–H and O–H groups in total. The van der Waals surface area contributed by atoms with Crippen LogP contribution in [0.5, 0.6) is 0 Å². The molecule has 0 aliphatic carbocycles. The number of carbonyl (C=O) groups excluding carboxylic acids is 1. The number of unbranched alkanes of at least 4 members (excludes halogenated alkanes) is 1. The number of rotatable bonds is 7. The molecule has 3 heterocycles. The van der Waals surface area contributed by atoms with Crippen LogP contribution in [0.25, 0.3) is 10.9 Å². The minimum Gasteiger partial charge on any atom is -0.386 e. The van der Waals surface area contributed by atoms with Crippen LogP contribution < -0.4 is 16.0 Å². The third-order valence-electron chi connectivity index (χ3n) is 4.67. The van der Waals surface area contributed by atoms with Crippen LogP contribution in [0.15, 0.2) is 30.7 Å². The van der Waals surface area contributed by atoms with Crippen LogP contribution in [0, 0.1) is 0 Å². The second-order valence-electron chi connectivity index (χ2n) is 6.64. The Morgan fingerprint density at radius 2 is 2.24 bits per heavy atom. The molecule has 0 aromatic carbocycles. The van der Waals surface area contributed by atoms with Crippen LogP contribution in [-0.2, 0) is 4.79 Å². The van der Waals surface area contributed by atoms with Crippen molar-refractivity contribution in [2.75, 3.05) is 31.1 Å². The SMILES string of the molecule is NCCCCC(=O)NC[C@]1(O)CCN(c2ccnc3ccncc23)C1. The van der Waals surface area contributed by atoms with Gasteiger partial charge in [-0.25, -0.2) is 0 Å². The third-order valence-corrected chi connectivity index (χ3v) is 4.67. The summed E-state index contributed by atoms with van der Waals surface area (Å²) < 4.78 is 0. The lowest BCUT2D eigenvalue weighted by Crippen LogP contribution is -2.45. The highest BCUT2D eigenvalue weighted by Crippen LogP contribution is 2.31. The average Bonchev–Trinajstić information content (AvgIpc) is 3.02. The van der Waals surface area contributed by atoms with Crippen molar-refractivity contribution in [2.24, 2.45) is 5.73 Å². The second kappa shape index (κ2) is 7.76. The standard InChI is InChI=1S/C18H25N5O2/c19-7-2-1-3-17(24)22-12-18(25)6-10-23(13-18)16-5-9-21-15-4-8-20-11-14(15)16/h4-5,8-9,11,25H,1-3,6-7,10,12-13,19H2,(H,22,24)/t18-/m1/s1. The Bertz CT molecular complexity index is 733. The summed E-state index contributed by atoms with van der Waals surface area (Å²) in [5.74, 6) is -0.0288. The molecule has 1 atom stereocenters. The number of β-amino-alcohol motifs (C(OH)–C–C–N with tert-alkyl or cyclic N) is 1. The molecular weight excluding hydrogens is 318 g/mol. The number of anilines is 1. The Morgan fingerprint density at radius 1 is 1.36 bits per heavy atom. The van der Waals surface area contributed by atoms with Gasteiger partial charge in [-0.1, -0.05) is 0 Å². The first-order chi connectivity index (χ1) is 12.1. The van der Waals surface area contributed by atoms with E-state index in [0.29, 0.717) is 25.9 Å². The fourth-order valence-corrected chi connectivity index (χ4v) is 3.24. The van der Waals surface area contributed by atoms with E-state index in [2.05, 4.69) is 20.2 Å². The fourth-order valence-electron chi connectivity index (χ4n) is 3.24. The molecule has 2 aromatic rings. The van der Waals surface area contributed by atoms with Gasteiger partial charge in [-0.2, -0.15) is 0 Å². The molecule has 7 heteroatoms. The average molecular weight is 343 g/mol. The van der Waals surface area contributed by atoms with E-state index in [9.17, 15) is 9.90 Å². The number of hydrogen-bond acceptors (Lipinski definition) is 6. The Morgan fingerprint density at radius 3 is 3.08 bits per heavy atom. The van der Waals surface area contributed by atoms with Crippen molar-refractivity contribution in [1.82, 2.24) is 15.3 Å². The Labute approximate surface area is 147 Å². The maximum absolute atomic E-state index is 11.8. The summed E-state index contributed by atoms with van der Waals surface area (Å²) in [6.07, 6.45) is 7.98. The van der Waals surface area contributed by atoms with E-state index in [1.165, 1.54) is 0 Å². The highest BCUT2D eigenvalue weighted by molar-refractivity contribution is 5.90. The highest BCUT2D eigenvalue weighted by Gasteiger charge is 2.36. The number of aromatic nitrogens is 2. The van der Waals surface area contributed by atoms with Gasteiger partial charge in [0.25, 0.3) is 0 Å². The molecule has 1 amide bonds. The zero-order valence-corrected chi connectivity index (χ0v) is 14.3. The lowest BCUT2D eigenvalue weighted by molar-refractivity contribution is -0.122. The molecule has 0 spiro atoms. The molecular formula is C18H25N5O2. The van der Waals surface area contributed by atoms with Crippen molar-refractivity contribution in [3.8, 4) is 0 Å². The topological polar surface area (TPSA) is 104 Å². The van der Waals surface area contributed by atoms with Crippen LogP contribution in [0.1, 0.15) is 25.7 Å². The minimum absolute atomic E-state index is 0.0288. The normalized spacial score (nSPS) is 20.2. The van der Waals surface area contributed by atoms with Gasteiger partial charge < -0.3 is 21.1 Å². The summed E-state index contributed by atoms with van der Waals surface area (Å²) in [7, 11) is 0. The van der Waals surface area contributed by atoms with Crippen molar-refractivity contribution >= 4 is 22.5 Å². The highest BCUT2D eigenvalue weighted by atomic mass is 16.3. The molecule has 2 aromatic heterocycles. The first-order valence-corrected chi connectivity index (χ1v) is 8.74. The predicted molar refractivity (Wildman–Crippen MR) is 97.2 cm³/mol. The van der Waals surface area contributed by atoms with Gasteiger partial charge in [0.2, 0.25) is 5.91 Å². The fraction of sp³-hybridized carbons (Fsp3) is 0.500. The summed E-state index contributed by atoms with van der Waals surface area (Å²) in [4.78, 5) is 22.5. The lowest BCUT2D eigenvalue weighted by atomic mass is 10.0. The van der Waals surface area contributed by atoms with Crippen molar-refractivity contribution < 1.29 is 9.90 Å². The molecule has 1 aliphatic heterocycles. The van der Waals surface area contributed by atoms with Gasteiger partial charge in [0.05, 0.1) is 5.52 Å². The van der Waals surface area contributed by atoms with Gasteiger partial charge in [0, 0.05) is 55.7 Å². The number of nitrogens with zero attached hydrogens (tertiary/aromatic N) is 3. The molecule has 0 bridgehead atoms. The number of pyridine rings is 2. The molecule has 0 unspecified atom stereocenters. The quantitative estimate of drug-likeness (QED) is 0.643. The van der Waals surface area contributed by atoms with E-state index in [-0.39, 0.29) is 12.5 Å². The Kier molecular flexibility index (Phi) is 5.45. The molecule has 1 saturated heterocycles. The molecule has 134 valence electrons. The maximum Gasteiger partial charge on any atom is 0.220 e. The van der Waals surface area contributed by atoms with Gasteiger partial charge in [0.15, 0.2) is 0 Å². The molecule has 0 saturated carbocycles. The van der Waals surface area contributed by atoms with E-state index in [0.717, 1.165) is 36.0 Å². The van der Waals surface area contributed by atoms with Gasteiger partial charge in [-0.3, -0.25) is 14.8 Å². The third kappa shape index (κ3) is 4.24. The first kappa shape index (κ1) is 17.6. The Balaban J connectivity index is 1.61. The van der Waals surface area contributed by atoms with Crippen molar-refractivity contribution in [2.45, 2.75) is 31.3 Å². The number of amides is 1. The monoisotopic (exact) mass is 343 g/mol. The van der Waals surface area contributed by atoms with Crippen LogP contribution in [0.3, 0.4) is 0 Å². The number of nitrogens with two attached hydrogens (primary N) is 1. The van der Waals surface area contributed by atoms with E-state index in [1.807, 2.05) is 12.1 Å². The zero-order chi connectivity index (χ0) is 17.7. The number of hydrogen-bond donors (Lipinski definition) is 3. The largest absolute Gasteiger partial charge is 0.386 e. The van der Waals surface area contributed by atoms with Crippen molar-refractivity contribution in [3.05, 3.63) is 30.7 Å². The van der Waals surface area contributed by atoms with Crippen LogP contribution in [-0.4, -0.2) is 52.8 Å². The molecule has 1 aliphatic rings. The van der Waals surface area contributed by atoms with Gasteiger partial charge in [-0.05, 0) is 37.9 Å². The summed E-state index contributed by atoms with van der Waals surface area (Å²) >= 11 is 0. The maximum atomic E-state index is 11.8. The second-order valence-corrected chi connectivity index (χ2v) is 6.64. The zero-order valence-electron chi connectivity index (χ0n) is 14.3. The van der Waals surface area contributed by atoms with Crippen LogP contribution >= 0.6 is 0 Å². The summed E-state index contributed by atoms with van der Waals surface area (Å²) in [6.45, 7) is 2.07. The smallest absolute Gasteiger partial charge is 0.220 e. The predicted octanol–water partition coefficient (Wildman–Crippen LogP) is 0.816. The summed E-state index contributed by atoms with van der Waals surface area (Å²) in [5.41, 5.74) is 6.42. The number of fused-ring (bicyclic) bond motifs is 1. The van der Waals surface area contributed by atoms with Gasteiger partial charge >= 0.3 is 0 Å². The van der Waals surface area contributed by atoms with Gasteiger partial charge in [-0.15, -0.1) is 0 Å². The van der Waals surface area contributed by atoms with Crippen LogP contribution in [0.2, 0.25) is 0 Å². The number of nitrogens with one attached hydrogen (secondary N) is 1. The van der Waals surface area contributed by atoms with E-state index in [1.54, 1.807) is 18.6 Å². The van der Waals surface area contributed by atoms with Crippen molar-refractivity contribution in [1.29, 1.82) is 0 Å². The molecule has 1 fully saturated rings. The van der Waals surface area contributed by atoms with E-state index in [4.69, 9.17) is 5.73 Å². The molecule has 7 nitrogen and oxygen atoms in total. The summed E-state index contributed by atoms with van der Waals surface area (Å²) in [6, 6.07) is 3.82. The lowest BCUT2D eigenvalue weighted by Gasteiger charge is -2.25. The minimum atomic E-state index is -0.915. The van der Waals surface area contributed by atoms with Crippen molar-refractivity contribution in [3.63, 3.8) is 0 Å². The molecule has 0 radical (unpaired) electrons. The Hall–Kier alpha value is -2.25. The van der Waals surface area contributed by atoms with E-state index >= 15 is 0 Å². The summed E-state index contributed by atoms with van der Waals surface area (Å²) in [5, 5.41) is 14.6. The molecule has 3 rings (SSSR count). The van der Waals surface area contributed by atoms with Gasteiger partial charge in [0.1, 0.15) is 5.60 Å². The molecule has 25 heavy (non-hydrogen) atoms. The van der Waals surface area contributed by atoms with E-state index < -0.39 is 5.60 Å².